The van der Waals surface area contributed by atoms with Gasteiger partial charge in [0.05, 0.1) is 24.6 Å². The smallest absolute Gasteiger partial charge is 0.127 e. The summed E-state index contributed by atoms with van der Waals surface area (Å²) in [6.45, 7) is 0. The molecule has 0 spiro atoms. The van der Waals surface area contributed by atoms with Crippen LogP contribution >= 0.6 is 39.1 Å². The lowest BCUT2D eigenvalue weighted by atomic mass is 10.0. The molecular weight excluding hydrogens is 363 g/mol. The lowest BCUT2D eigenvalue weighted by molar-refractivity contribution is 0.391. The number of methoxy groups -OCH3 is 2. The average molecular weight is 376 g/mol. The Balaban J connectivity index is 2.41. The number of alkyl halides is 1. The van der Waals surface area contributed by atoms with Crippen LogP contribution in [0.1, 0.15) is 16.5 Å². The first kappa shape index (κ1) is 15.5. The van der Waals surface area contributed by atoms with Gasteiger partial charge in [-0.2, -0.15) is 0 Å². The van der Waals surface area contributed by atoms with Crippen molar-refractivity contribution >= 4 is 39.1 Å². The molecule has 1 atom stereocenters. The fourth-order valence-corrected chi connectivity index (χ4v) is 2.63. The third-order valence-corrected chi connectivity index (χ3v) is 4.67. The van der Waals surface area contributed by atoms with Crippen molar-refractivity contribution in [2.45, 2.75) is 5.38 Å². The van der Waals surface area contributed by atoms with Gasteiger partial charge in [-0.1, -0.05) is 17.7 Å². The van der Waals surface area contributed by atoms with Crippen LogP contribution in [0.2, 0.25) is 5.02 Å². The Morgan fingerprint density at radius 1 is 1.05 bits per heavy atom. The maximum Gasteiger partial charge on any atom is 0.127 e. The third kappa shape index (κ3) is 3.22. The van der Waals surface area contributed by atoms with Crippen molar-refractivity contribution < 1.29 is 9.47 Å². The monoisotopic (exact) mass is 374 g/mol. The molecule has 5 heteroatoms. The second-order valence-corrected chi connectivity index (χ2v) is 5.84. The van der Waals surface area contributed by atoms with Crippen LogP contribution < -0.4 is 9.47 Å². The van der Waals surface area contributed by atoms with E-state index >= 15 is 0 Å². The highest BCUT2D eigenvalue weighted by molar-refractivity contribution is 9.10. The van der Waals surface area contributed by atoms with Gasteiger partial charge in [0, 0.05) is 16.1 Å². The van der Waals surface area contributed by atoms with E-state index in [1.54, 1.807) is 14.2 Å². The Morgan fingerprint density at radius 3 is 2.40 bits per heavy atom. The molecule has 0 aliphatic heterocycles. The summed E-state index contributed by atoms with van der Waals surface area (Å²) in [5.41, 5.74) is 1.77. The molecule has 106 valence electrons. The zero-order valence-corrected chi connectivity index (χ0v) is 14.1. The number of hydrogen-bond donors (Lipinski definition) is 0. The largest absolute Gasteiger partial charge is 0.497 e. The Bertz CT molecular complexity index is 617. The zero-order valence-electron chi connectivity index (χ0n) is 11.0. The van der Waals surface area contributed by atoms with Crippen LogP contribution in [0.5, 0.6) is 11.5 Å². The molecule has 0 fully saturated rings. The van der Waals surface area contributed by atoms with Crippen LogP contribution in [-0.4, -0.2) is 14.2 Å². The van der Waals surface area contributed by atoms with Crippen LogP contribution in [0.4, 0.5) is 0 Å². The van der Waals surface area contributed by atoms with Crippen LogP contribution in [0, 0.1) is 0 Å². The van der Waals surface area contributed by atoms with E-state index in [9.17, 15) is 0 Å². The van der Waals surface area contributed by atoms with E-state index in [1.807, 2.05) is 36.4 Å². The van der Waals surface area contributed by atoms with Crippen molar-refractivity contribution in [1.29, 1.82) is 0 Å². The Labute approximate surface area is 136 Å². The summed E-state index contributed by atoms with van der Waals surface area (Å²) in [5.74, 6) is 1.41. The summed E-state index contributed by atoms with van der Waals surface area (Å²) in [4.78, 5) is 0. The SMILES string of the molecule is COc1ccc(C(Cl)c2ccc(Br)c(Cl)c2)c(OC)c1. The van der Waals surface area contributed by atoms with E-state index in [2.05, 4.69) is 15.9 Å². The van der Waals surface area contributed by atoms with E-state index in [0.717, 1.165) is 21.3 Å². The van der Waals surface area contributed by atoms with Gasteiger partial charge >= 0.3 is 0 Å². The van der Waals surface area contributed by atoms with E-state index in [-0.39, 0.29) is 5.38 Å². The highest BCUT2D eigenvalue weighted by Gasteiger charge is 2.17. The molecule has 0 amide bonds. The minimum atomic E-state index is -0.346. The molecule has 0 heterocycles. The molecule has 20 heavy (non-hydrogen) atoms. The van der Waals surface area contributed by atoms with E-state index < -0.39 is 0 Å². The maximum atomic E-state index is 6.54. The summed E-state index contributed by atoms with van der Waals surface area (Å²) < 4.78 is 11.4. The predicted molar refractivity (Wildman–Crippen MR) is 86.4 cm³/mol. The molecule has 0 radical (unpaired) electrons. The minimum Gasteiger partial charge on any atom is -0.497 e. The van der Waals surface area contributed by atoms with Crippen molar-refractivity contribution in [1.82, 2.24) is 0 Å². The van der Waals surface area contributed by atoms with Gasteiger partial charge in [0.1, 0.15) is 11.5 Å². The van der Waals surface area contributed by atoms with Gasteiger partial charge in [-0.05, 0) is 45.8 Å². The van der Waals surface area contributed by atoms with E-state index in [1.165, 1.54) is 0 Å². The van der Waals surface area contributed by atoms with Gasteiger partial charge < -0.3 is 9.47 Å². The molecule has 0 N–H and O–H groups in total. The summed E-state index contributed by atoms with van der Waals surface area (Å²) in [6.07, 6.45) is 0. The van der Waals surface area contributed by atoms with Gasteiger partial charge in [0.15, 0.2) is 0 Å². The van der Waals surface area contributed by atoms with Crippen LogP contribution in [0.25, 0.3) is 0 Å². The van der Waals surface area contributed by atoms with Gasteiger partial charge in [-0.3, -0.25) is 0 Å². The first-order valence-electron chi connectivity index (χ1n) is 5.87. The number of rotatable bonds is 4. The second kappa shape index (κ2) is 6.70. The first-order chi connectivity index (χ1) is 9.56. The topological polar surface area (TPSA) is 18.5 Å². The second-order valence-electron chi connectivity index (χ2n) is 4.14. The predicted octanol–water partition coefficient (Wildman–Crippen LogP) is 5.45. The molecule has 1 unspecified atom stereocenters. The fourth-order valence-electron chi connectivity index (χ4n) is 1.88. The standard InChI is InChI=1S/C15H13BrCl2O2/c1-19-10-4-5-11(14(8-10)20-2)15(18)9-3-6-12(16)13(17)7-9/h3-8,15H,1-2H3. The van der Waals surface area contributed by atoms with Crippen molar-refractivity contribution in [3.05, 3.63) is 57.0 Å². The normalized spacial score (nSPS) is 12.1. The summed E-state index contributed by atoms with van der Waals surface area (Å²) >= 11 is 16.0. The van der Waals surface area contributed by atoms with Gasteiger partial charge in [0.25, 0.3) is 0 Å². The van der Waals surface area contributed by atoms with Gasteiger partial charge in [0.2, 0.25) is 0 Å². The van der Waals surface area contributed by atoms with Crippen LogP contribution in [0.3, 0.4) is 0 Å². The summed E-state index contributed by atoms with van der Waals surface area (Å²) in [7, 11) is 3.22. The number of halogens is 3. The molecule has 2 aromatic rings. The summed E-state index contributed by atoms with van der Waals surface area (Å²) in [5, 5.41) is 0.280. The molecule has 2 nitrogen and oxygen atoms in total. The molecule has 0 aliphatic carbocycles. The van der Waals surface area contributed by atoms with Crippen molar-refractivity contribution in [2.75, 3.05) is 14.2 Å². The van der Waals surface area contributed by atoms with Crippen LogP contribution in [0.15, 0.2) is 40.9 Å². The number of ether oxygens (including phenoxy) is 2. The highest BCUT2D eigenvalue weighted by Crippen LogP contribution is 2.38. The molecule has 0 saturated carbocycles. The van der Waals surface area contributed by atoms with E-state index in [0.29, 0.717) is 10.8 Å². The molecule has 0 saturated heterocycles. The minimum absolute atomic E-state index is 0.346. The Hall–Kier alpha value is -0.900. The molecule has 0 bridgehead atoms. The van der Waals surface area contributed by atoms with Crippen LogP contribution in [-0.2, 0) is 0 Å². The highest BCUT2D eigenvalue weighted by atomic mass is 79.9. The average Bonchev–Trinajstić information content (AvgIpc) is 2.48. The van der Waals surface area contributed by atoms with Gasteiger partial charge in [-0.25, -0.2) is 0 Å². The van der Waals surface area contributed by atoms with Gasteiger partial charge in [-0.15, -0.1) is 11.6 Å². The molecule has 0 aliphatic rings. The maximum absolute atomic E-state index is 6.54. The van der Waals surface area contributed by atoms with Crippen molar-refractivity contribution in [3.8, 4) is 11.5 Å². The first-order valence-corrected chi connectivity index (χ1v) is 7.48. The molecule has 0 aromatic heterocycles. The van der Waals surface area contributed by atoms with Crippen molar-refractivity contribution in [3.63, 3.8) is 0 Å². The Kier molecular flexibility index (Phi) is 5.19. The lowest BCUT2D eigenvalue weighted by Crippen LogP contribution is -1.98. The molecule has 2 aromatic carbocycles. The number of hydrogen-bond acceptors (Lipinski definition) is 2. The fraction of sp³-hybridized carbons (Fsp3) is 0.200. The van der Waals surface area contributed by atoms with E-state index in [4.69, 9.17) is 32.7 Å². The summed E-state index contributed by atoms with van der Waals surface area (Å²) in [6, 6.07) is 11.2. The quantitative estimate of drug-likeness (QED) is 0.661. The molecule has 2 rings (SSSR count). The number of benzene rings is 2. The lowest BCUT2D eigenvalue weighted by Gasteiger charge is -2.16. The zero-order chi connectivity index (χ0) is 14.7. The van der Waals surface area contributed by atoms with Crippen molar-refractivity contribution in [2.24, 2.45) is 0 Å². The Morgan fingerprint density at radius 2 is 1.80 bits per heavy atom. The third-order valence-electron chi connectivity index (χ3n) is 2.95. The molecular formula is C15H13BrCl2O2.